The molecule has 434 valence electrons. The minimum absolute atomic E-state index is 0.0506. The van der Waals surface area contributed by atoms with Crippen LogP contribution in [-0.4, -0.2) is 136 Å². The number of ether oxygens (including phenoxy) is 7. The highest BCUT2D eigenvalue weighted by atomic mass is 33.1. The molecule has 3 unspecified atom stereocenters. The Balaban J connectivity index is 1.92. The van der Waals surface area contributed by atoms with Crippen molar-refractivity contribution in [3.05, 3.63) is 0 Å². The second kappa shape index (κ2) is 43.8. The van der Waals surface area contributed by atoms with Gasteiger partial charge in [-0.15, -0.1) is 0 Å². The minimum atomic E-state index is -1.44. The van der Waals surface area contributed by atoms with E-state index in [9.17, 15) is 33.6 Å². The second-order valence-corrected chi connectivity index (χ2v) is 23.9. The van der Waals surface area contributed by atoms with E-state index in [1.165, 1.54) is 63.5 Å². The number of carbonyl (C=O) groups excluding carboxylic acids is 7. The van der Waals surface area contributed by atoms with Gasteiger partial charge in [-0.05, 0) is 63.7 Å². The maximum Gasteiger partial charge on any atom is 0.307 e. The van der Waals surface area contributed by atoms with Gasteiger partial charge in [-0.2, -0.15) is 0 Å². The number of rotatable bonds is 46. The van der Waals surface area contributed by atoms with Gasteiger partial charge in [0.2, 0.25) is 0 Å². The van der Waals surface area contributed by atoms with Crippen LogP contribution in [0.15, 0.2) is 0 Å². The lowest BCUT2D eigenvalue weighted by molar-refractivity contribution is -0.169. The average molecular weight is 1100 g/mol. The van der Waals surface area contributed by atoms with Crippen molar-refractivity contribution in [2.24, 2.45) is 11.3 Å². The lowest BCUT2D eigenvalue weighted by Gasteiger charge is -2.32. The third-order valence-electron chi connectivity index (χ3n) is 13.6. The van der Waals surface area contributed by atoms with Crippen molar-refractivity contribution in [1.82, 2.24) is 10.2 Å². The standard InChI is InChI=1S/C57H100N2O14S2/c1-6-9-12-15-16-18-25-46(24-17-13-10-7-2)43-69-49(60)29-22-31-51(62)71-45-57(4,5)55(56(66)58-35-33-52(63)68-41-38-59-36-39-67-40-37-59)73-54(65)32-23-30-50(61)70-44-47(26-19-14-11-8-3)72-53(64)28-21-20-27-48-34-42-74-75-48/h46-48,55H,6-45H2,1-5H3,(H,58,66)/t46?,47?,48?,55-/m0/s1. The normalized spacial score (nSPS) is 16.1. The van der Waals surface area contributed by atoms with Gasteiger partial charge in [0.1, 0.15) is 25.9 Å². The molecule has 0 aromatic carbocycles. The van der Waals surface area contributed by atoms with E-state index in [4.69, 9.17) is 33.2 Å². The Labute approximate surface area is 459 Å². The fourth-order valence-electron chi connectivity index (χ4n) is 8.84. The summed E-state index contributed by atoms with van der Waals surface area (Å²) in [4.78, 5) is 93.1. The van der Waals surface area contributed by atoms with E-state index in [-0.39, 0.29) is 83.2 Å². The van der Waals surface area contributed by atoms with Crippen LogP contribution in [0.4, 0.5) is 0 Å². The Morgan fingerprint density at radius 1 is 0.587 bits per heavy atom. The van der Waals surface area contributed by atoms with Crippen LogP contribution in [0.25, 0.3) is 0 Å². The molecule has 0 aliphatic carbocycles. The zero-order chi connectivity index (χ0) is 54.8. The first kappa shape index (κ1) is 68.0. The molecular formula is C57H100N2O14S2. The number of nitrogens with zero attached hydrogens (tertiary/aromatic N) is 1. The highest BCUT2D eigenvalue weighted by molar-refractivity contribution is 8.77. The Bertz CT molecular complexity index is 1570. The molecule has 2 heterocycles. The molecule has 1 amide bonds. The van der Waals surface area contributed by atoms with Crippen LogP contribution in [0.2, 0.25) is 0 Å². The Morgan fingerprint density at radius 3 is 1.75 bits per heavy atom. The van der Waals surface area contributed by atoms with Crippen LogP contribution in [0.5, 0.6) is 0 Å². The highest BCUT2D eigenvalue weighted by Crippen LogP contribution is 2.40. The Hall–Kier alpha value is -3.09. The van der Waals surface area contributed by atoms with Crippen molar-refractivity contribution >= 4 is 63.3 Å². The Morgan fingerprint density at radius 2 is 1.12 bits per heavy atom. The summed E-state index contributed by atoms with van der Waals surface area (Å²) < 4.78 is 39.1. The molecule has 16 nitrogen and oxygen atoms in total. The lowest BCUT2D eigenvalue weighted by Crippen LogP contribution is -2.49. The molecule has 2 rings (SSSR count). The molecular weight excluding hydrogens is 1000 g/mol. The molecule has 2 saturated heterocycles. The van der Waals surface area contributed by atoms with Crippen molar-refractivity contribution in [2.45, 2.75) is 238 Å². The van der Waals surface area contributed by atoms with Crippen LogP contribution in [-0.2, 0) is 66.7 Å². The second-order valence-electron chi connectivity index (χ2n) is 21.1. The van der Waals surface area contributed by atoms with Gasteiger partial charge in [0.25, 0.3) is 5.91 Å². The molecule has 0 spiro atoms. The van der Waals surface area contributed by atoms with Gasteiger partial charge in [0, 0.05) is 74.7 Å². The molecule has 4 atom stereocenters. The maximum atomic E-state index is 13.7. The number of nitrogens with one attached hydrogen (secondary N) is 1. The molecule has 18 heteroatoms. The van der Waals surface area contributed by atoms with E-state index >= 15 is 0 Å². The van der Waals surface area contributed by atoms with Crippen LogP contribution in [0, 0.1) is 11.3 Å². The maximum absolute atomic E-state index is 13.7. The van der Waals surface area contributed by atoms with Crippen LogP contribution < -0.4 is 5.32 Å². The van der Waals surface area contributed by atoms with Gasteiger partial charge < -0.3 is 38.5 Å². The Kier molecular flexibility index (Phi) is 39.8. The highest BCUT2D eigenvalue weighted by Gasteiger charge is 2.40. The molecule has 0 radical (unpaired) electrons. The van der Waals surface area contributed by atoms with Crippen LogP contribution in [0.3, 0.4) is 0 Å². The third-order valence-corrected chi connectivity index (χ3v) is 16.6. The van der Waals surface area contributed by atoms with Gasteiger partial charge in [0.05, 0.1) is 26.2 Å². The lowest BCUT2D eigenvalue weighted by atomic mass is 9.86. The van der Waals surface area contributed by atoms with Crippen LogP contribution >= 0.6 is 21.6 Å². The number of carbonyl (C=O) groups is 7. The molecule has 2 fully saturated rings. The number of amides is 1. The summed E-state index contributed by atoms with van der Waals surface area (Å²) >= 11 is 0. The molecule has 0 aromatic heterocycles. The van der Waals surface area contributed by atoms with E-state index < -0.39 is 47.4 Å². The first-order valence-electron chi connectivity index (χ1n) is 29.1. The predicted octanol–water partition coefficient (Wildman–Crippen LogP) is 11.2. The first-order valence-corrected chi connectivity index (χ1v) is 31.5. The number of hydrogen-bond acceptors (Lipinski definition) is 17. The van der Waals surface area contributed by atoms with Crippen molar-refractivity contribution in [1.29, 1.82) is 0 Å². The topological polar surface area (TPSA) is 199 Å². The molecule has 0 saturated carbocycles. The van der Waals surface area contributed by atoms with Gasteiger partial charge in [-0.3, -0.25) is 38.5 Å². The van der Waals surface area contributed by atoms with Crippen molar-refractivity contribution in [3.8, 4) is 0 Å². The average Bonchev–Trinajstić information content (AvgIpc) is 3.92. The summed E-state index contributed by atoms with van der Waals surface area (Å²) in [6.45, 7) is 13.2. The number of hydrogen-bond donors (Lipinski definition) is 1. The summed E-state index contributed by atoms with van der Waals surface area (Å²) in [7, 11) is 3.84. The fraction of sp³-hybridized carbons (Fsp3) is 0.877. The molecule has 1 N–H and O–H groups in total. The van der Waals surface area contributed by atoms with Gasteiger partial charge >= 0.3 is 35.8 Å². The molecule has 75 heavy (non-hydrogen) atoms. The van der Waals surface area contributed by atoms with E-state index in [1.54, 1.807) is 13.8 Å². The quantitative estimate of drug-likeness (QED) is 0.0261. The predicted molar refractivity (Wildman–Crippen MR) is 296 cm³/mol. The monoisotopic (exact) mass is 1100 g/mol. The summed E-state index contributed by atoms with van der Waals surface area (Å²) in [6, 6.07) is 0. The summed E-state index contributed by atoms with van der Waals surface area (Å²) in [6.07, 6.45) is 20.8. The zero-order valence-electron chi connectivity index (χ0n) is 47.1. The van der Waals surface area contributed by atoms with E-state index in [2.05, 4.69) is 31.0 Å². The van der Waals surface area contributed by atoms with E-state index in [0.29, 0.717) is 50.4 Å². The molecule has 2 aliphatic heterocycles. The van der Waals surface area contributed by atoms with Crippen LogP contribution in [0.1, 0.15) is 221 Å². The number of morpholine rings is 1. The molecule has 0 aromatic rings. The SMILES string of the molecule is CCCCCCCCC(CCCCCC)COC(=O)CCCC(=O)OCC(C)(C)[C@@H](OC(=O)CCCC(=O)OCC(CCCCCC)OC(=O)CCCCC1CCSS1)C(=O)NCCC(=O)OCCN1CCOCC1. The smallest absolute Gasteiger partial charge is 0.307 e. The van der Waals surface area contributed by atoms with Gasteiger partial charge in [-0.1, -0.05) is 146 Å². The largest absolute Gasteiger partial charge is 0.465 e. The van der Waals surface area contributed by atoms with E-state index in [1.807, 2.05) is 21.6 Å². The third kappa shape index (κ3) is 35.9. The fourth-order valence-corrected chi connectivity index (χ4v) is 11.9. The summed E-state index contributed by atoms with van der Waals surface area (Å²) in [5.74, 6) is -2.22. The van der Waals surface area contributed by atoms with E-state index in [0.717, 1.165) is 83.7 Å². The number of esters is 6. The minimum Gasteiger partial charge on any atom is -0.465 e. The van der Waals surface area contributed by atoms with Crippen molar-refractivity contribution in [3.63, 3.8) is 0 Å². The zero-order valence-corrected chi connectivity index (χ0v) is 48.7. The summed E-state index contributed by atoms with van der Waals surface area (Å²) in [5.41, 5.74) is -1.23. The number of unbranched alkanes of at least 4 members (excludes halogenated alkanes) is 12. The first-order chi connectivity index (χ1) is 36.3. The van der Waals surface area contributed by atoms with Crippen molar-refractivity contribution in [2.75, 3.05) is 71.6 Å². The van der Waals surface area contributed by atoms with Gasteiger partial charge in [-0.25, -0.2) is 0 Å². The van der Waals surface area contributed by atoms with Gasteiger partial charge in [0.15, 0.2) is 6.10 Å². The summed E-state index contributed by atoms with van der Waals surface area (Å²) in [5, 5.41) is 3.33. The molecule has 2 aliphatic rings. The molecule has 0 bridgehead atoms. The van der Waals surface area contributed by atoms with Crippen molar-refractivity contribution < 1.29 is 66.7 Å².